The molecule has 0 bridgehead atoms. The van der Waals surface area contributed by atoms with Crippen LogP contribution in [0.2, 0.25) is 5.02 Å². The van der Waals surface area contributed by atoms with Gasteiger partial charge in [-0.05, 0) is 62.1 Å². The molecule has 1 aliphatic heterocycles. The minimum atomic E-state index is -4.83. The first kappa shape index (κ1) is 30.1. The van der Waals surface area contributed by atoms with Crippen molar-refractivity contribution in [2.75, 3.05) is 44.7 Å². The molecule has 0 N–H and O–H groups in total. The van der Waals surface area contributed by atoms with E-state index in [-0.39, 0.29) is 30.3 Å². The first-order chi connectivity index (χ1) is 20.0. The van der Waals surface area contributed by atoms with E-state index in [1.807, 2.05) is 18.2 Å². The van der Waals surface area contributed by atoms with Gasteiger partial charge in [-0.1, -0.05) is 11.6 Å². The monoisotopic (exact) mass is 608 g/mol. The standard InChI is InChI=1S/C29H32ClF3N4O5/c1-34(22-5-8-26(37(39)40)25(16-22)29(31,32)33)21-3-6-23(7-4-21)41-18-28(38)36-12-10-35(11-13-36)17-24-15-19-14-20(30)2-9-27(19)42-24/h2,5,8-9,14-16,21,23H,3-4,6-7,10-13,17-18H2,1H3. The Kier molecular flexibility index (Phi) is 8.95. The Morgan fingerprint density at radius 3 is 2.48 bits per heavy atom. The summed E-state index contributed by atoms with van der Waals surface area (Å²) in [6.45, 7) is 3.29. The Balaban J connectivity index is 1.05. The van der Waals surface area contributed by atoms with Crippen molar-refractivity contribution >= 4 is 39.9 Å². The molecule has 0 unspecified atom stereocenters. The summed E-state index contributed by atoms with van der Waals surface area (Å²) in [5.74, 6) is 0.795. The predicted octanol–water partition coefficient (Wildman–Crippen LogP) is 6.12. The molecule has 3 aromatic rings. The Bertz CT molecular complexity index is 1430. The van der Waals surface area contributed by atoms with Crippen LogP contribution in [-0.4, -0.2) is 72.6 Å². The van der Waals surface area contributed by atoms with Crippen molar-refractivity contribution < 1.29 is 32.0 Å². The number of amides is 1. The SMILES string of the molecule is CN(c1ccc([N+](=O)[O-])c(C(F)(F)F)c1)C1CCC(OCC(=O)N2CCN(Cc3cc4cc(Cl)ccc4o3)CC2)CC1. The number of carbonyl (C=O) groups excluding carboxylic acids is 1. The number of piperazine rings is 1. The molecule has 226 valence electrons. The number of hydrogen-bond acceptors (Lipinski definition) is 7. The highest BCUT2D eigenvalue weighted by atomic mass is 35.5. The molecule has 1 aromatic heterocycles. The number of fused-ring (bicyclic) bond motifs is 1. The van der Waals surface area contributed by atoms with Gasteiger partial charge in [0.05, 0.1) is 17.6 Å². The van der Waals surface area contributed by atoms with Crippen LogP contribution in [-0.2, 0) is 22.3 Å². The van der Waals surface area contributed by atoms with Crippen LogP contribution in [0.5, 0.6) is 0 Å². The third kappa shape index (κ3) is 6.99. The number of nitro benzene ring substituents is 1. The highest BCUT2D eigenvalue weighted by Crippen LogP contribution is 2.39. The third-order valence-corrected chi connectivity index (χ3v) is 8.39. The molecule has 9 nitrogen and oxygen atoms in total. The van der Waals surface area contributed by atoms with E-state index in [4.69, 9.17) is 20.8 Å². The van der Waals surface area contributed by atoms with Gasteiger partial charge in [-0.3, -0.25) is 19.8 Å². The number of halogens is 4. The fourth-order valence-electron chi connectivity index (χ4n) is 5.74. The van der Waals surface area contributed by atoms with E-state index in [1.54, 1.807) is 22.9 Å². The Morgan fingerprint density at radius 1 is 1.10 bits per heavy atom. The van der Waals surface area contributed by atoms with Gasteiger partial charge in [-0.25, -0.2) is 0 Å². The number of nitrogens with zero attached hydrogens (tertiary/aromatic N) is 4. The number of furan rings is 1. The molecule has 0 radical (unpaired) electrons. The second-order valence-corrected chi connectivity index (χ2v) is 11.3. The summed E-state index contributed by atoms with van der Waals surface area (Å²) in [5.41, 5.74) is -1.15. The summed E-state index contributed by atoms with van der Waals surface area (Å²) in [7, 11) is 1.69. The van der Waals surface area contributed by atoms with Crippen molar-refractivity contribution in [1.29, 1.82) is 0 Å². The number of carbonyl (C=O) groups is 1. The van der Waals surface area contributed by atoms with Crippen molar-refractivity contribution in [3.63, 3.8) is 0 Å². The van der Waals surface area contributed by atoms with Gasteiger partial charge < -0.3 is 19.0 Å². The molecule has 13 heteroatoms. The fourth-order valence-corrected chi connectivity index (χ4v) is 5.92. The molecular formula is C29H32ClF3N4O5. The lowest BCUT2D eigenvalue weighted by molar-refractivity contribution is -0.388. The topological polar surface area (TPSA) is 92.3 Å². The van der Waals surface area contributed by atoms with Crippen molar-refractivity contribution in [3.05, 3.63) is 68.9 Å². The zero-order valence-electron chi connectivity index (χ0n) is 23.1. The van der Waals surface area contributed by atoms with E-state index in [0.29, 0.717) is 50.3 Å². The van der Waals surface area contributed by atoms with Crippen LogP contribution in [0.15, 0.2) is 46.9 Å². The molecule has 5 rings (SSSR count). The van der Waals surface area contributed by atoms with E-state index in [1.165, 1.54) is 6.07 Å². The van der Waals surface area contributed by atoms with Gasteiger partial charge in [0.15, 0.2) is 0 Å². The molecule has 0 spiro atoms. The summed E-state index contributed by atoms with van der Waals surface area (Å²) in [6.07, 6.45) is -2.27. The predicted molar refractivity (Wildman–Crippen MR) is 152 cm³/mol. The van der Waals surface area contributed by atoms with Crippen LogP contribution in [0, 0.1) is 10.1 Å². The lowest BCUT2D eigenvalue weighted by Gasteiger charge is -2.37. The van der Waals surface area contributed by atoms with Crippen LogP contribution < -0.4 is 4.90 Å². The number of ether oxygens (including phenoxy) is 1. The zero-order valence-corrected chi connectivity index (χ0v) is 23.9. The summed E-state index contributed by atoms with van der Waals surface area (Å²) < 4.78 is 52.1. The highest BCUT2D eigenvalue weighted by Gasteiger charge is 2.39. The maximum atomic E-state index is 13.4. The average molecular weight is 609 g/mol. The first-order valence-electron chi connectivity index (χ1n) is 13.9. The van der Waals surface area contributed by atoms with Gasteiger partial charge >= 0.3 is 6.18 Å². The van der Waals surface area contributed by atoms with E-state index in [0.717, 1.165) is 42.0 Å². The number of alkyl halides is 3. The Hall–Kier alpha value is -3.35. The quantitative estimate of drug-likeness (QED) is 0.225. The third-order valence-electron chi connectivity index (χ3n) is 8.16. The van der Waals surface area contributed by atoms with E-state index < -0.39 is 22.4 Å². The fraction of sp³-hybridized carbons (Fsp3) is 0.483. The number of rotatable bonds is 8. The van der Waals surface area contributed by atoms with Crippen LogP contribution >= 0.6 is 11.6 Å². The number of hydrogen-bond donors (Lipinski definition) is 0. The minimum absolute atomic E-state index is 0.00714. The summed E-state index contributed by atoms with van der Waals surface area (Å²) in [4.78, 5) is 28.6. The van der Waals surface area contributed by atoms with Gasteiger partial charge in [0, 0.05) is 61.4 Å². The second-order valence-electron chi connectivity index (χ2n) is 10.9. The highest BCUT2D eigenvalue weighted by molar-refractivity contribution is 6.31. The number of benzene rings is 2. The number of anilines is 1. The summed E-state index contributed by atoms with van der Waals surface area (Å²) >= 11 is 6.06. The first-order valence-corrected chi connectivity index (χ1v) is 14.2. The molecule has 2 aliphatic rings. The minimum Gasteiger partial charge on any atom is -0.460 e. The van der Waals surface area contributed by atoms with Crippen LogP contribution in [0.4, 0.5) is 24.5 Å². The van der Waals surface area contributed by atoms with E-state index >= 15 is 0 Å². The molecule has 1 saturated carbocycles. The maximum absolute atomic E-state index is 13.4. The molecule has 0 atom stereocenters. The lowest BCUT2D eigenvalue weighted by atomic mass is 9.91. The van der Waals surface area contributed by atoms with Gasteiger partial charge in [0.1, 0.15) is 23.5 Å². The smallest absolute Gasteiger partial charge is 0.423 e. The van der Waals surface area contributed by atoms with Crippen molar-refractivity contribution in [3.8, 4) is 0 Å². The summed E-state index contributed by atoms with van der Waals surface area (Å²) in [5, 5.41) is 12.7. The molecule has 1 aliphatic carbocycles. The summed E-state index contributed by atoms with van der Waals surface area (Å²) in [6, 6.07) is 10.6. The largest absolute Gasteiger partial charge is 0.460 e. The van der Waals surface area contributed by atoms with E-state index in [2.05, 4.69) is 4.90 Å². The van der Waals surface area contributed by atoms with Gasteiger partial charge in [-0.15, -0.1) is 0 Å². The number of nitro groups is 1. The van der Waals surface area contributed by atoms with Crippen LogP contribution in [0.25, 0.3) is 11.0 Å². The second kappa shape index (κ2) is 12.5. The Morgan fingerprint density at radius 2 is 1.81 bits per heavy atom. The average Bonchev–Trinajstić information content (AvgIpc) is 3.36. The molecular weight excluding hydrogens is 577 g/mol. The van der Waals surface area contributed by atoms with Crippen LogP contribution in [0.3, 0.4) is 0 Å². The zero-order chi connectivity index (χ0) is 30.0. The molecule has 2 fully saturated rings. The van der Waals surface area contributed by atoms with E-state index in [9.17, 15) is 28.1 Å². The van der Waals surface area contributed by atoms with Gasteiger partial charge in [-0.2, -0.15) is 13.2 Å². The van der Waals surface area contributed by atoms with Crippen LogP contribution in [0.1, 0.15) is 37.0 Å². The molecule has 1 amide bonds. The molecule has 1 saturated heterocycles. The Labute approximate surface area is 245 Å². The maximum Gasteiger partial charge on any atom is 0.423 e. The van der Waals surface area contributed by atoms with Crippen molar-refractivity contribution in [1.82, 2.24) is 9.80 Å². The molecule has 42 heavy (non-hydrogen) atoms. The van der Waals surface area contributed by atoms with Gasteiger partial charge in [0.25, 0.3) is 5.69 Å². The van der Waals surface area contributed by atoms with Crippen molar-refractivity contribution in [2.45, 2.75) is 50.6 Å². The van der Waals surface area contributed by atoms with Crippen molar-refractivity contribution in [2.24, 2.45) is 0 Å². The normalized spacial score (nSPS) is 20.2. The lowest BCUT2D eigenvalue weighted by Crippen LogP contribution is -2.49. The molecule has 2 heterocycles. The molecule has 2 aromatic carbocycles. The van der Waals surface area contributed by atoms with Gasteiger partial charge in [0.2, 0.25) is 5.91 Å².